The zero-order valence-corrected chi connectivity index (χ0v) is 35.0. The van der Waals surface area contributed by atoms with Crippen molar-refractivity contribution < 1.29 is 42.8 Å². The first-order chi connectivity index (χ1) is 24.3. The smallest absolute Gasteiger partial charge is 0.394 e. The van der Waals surface area contributed by atoms with Crippen LogP contribution in [0.5, 0.6) is 0 Å². The third-order valence-corrected chi connectivity index (χ3v) is 11.1. The van der Waals surface area contributed by atoms with Crippen molar-refractivity contribution in [1.82, 2.24) is 0 Å². The first-order valence-electron chi connectivity index (χ1n) is 21.1. The first kappa shape index (κ1) is 50.3. The monoisotopic (exact) mass is 749 g/mol. The zero-order valence-electron chi connectivity index (χ0n) is 34.1. The van der Waals surface area contributed by atoms with E-state index in [1.807, 2.05) is 28.1 Å². The average Bonchev–Trinajstić information content (AvgIpc) is 3.08. The van der Waals surface area contributed by atoms with Gasteiger partial charge < -0.3 is 19.6 Å². The van der Waals surface area contributed by atoms with Gasteiger partial charge in [-0.3, -0.25) is 18.6 Å². The Hall–Kier alpha value is -0.670. The number of unbranched alkanes of at least 4 members (excludes halogenated alkanes) is 21. The Bertz CT molecular complexity index is 911. The number of nitrogens with zero attached hydrogens (tertiary/aromatic N) is 1. The van der Waals surface area contributed by atoms with E-state index in [0.717, 1.165) is 38.5 Å². The van der Waals surface area contributed by atoms with Crippen molar-refractivity contribution in [3.8, 4) is 0 Å². The number of ketones is 2. The van der Waals surface area contributed by atoms with Crippen molar-refractivity contribution in [3.05, 3.63) is 0 Å². The Balaban J connectivity index is 5.45. The van der Waals surface area contributed by atoms with Gasteiger partial charge in [0.25, 0.3) is 0 Å². The average molecular weight is 749 g/mol. The van der Waals surface area contributed by atoms with Crippen LogP contribution in [0.15, 0.2) is 0 Å². The van der Waals surface area contributed by atoms with E-state index >= 15 is 0 Å². The third kappa shape index (κ3) is 25.9. The SMILES string of the molecule is CCCCCCCCCCCCCCCCCC(=O)C(=O)C(CCC)(CCCCCCCCCC)C(C[N+](C)(C)C)OP(=O)(O)OC[C@H](O)CO. The van der Waals surface area contributed by atoms with E-state index in [0.29, 0.717) is 36.6 Å². The molecule has 4 atom stereocenters. The molecule has 0 aliphatic rings. The second-order valence-corrected chi connectivity index (χ2v) is 17.7. The van der Waals surface area contributed by atoms with E-state index in [1.165, 1.54) is 96.3 Å². The second kappa shape index (κ2) is 30.6. The predicted octanol–water partition coefficient (Wildman–Crippen LogP) is 10.3. The molecule has 0 saturated carbocycles. The van der Waals surface area contributed by atoms with Gasteiger partial charge in [-0.15, -0.1) is 0 Å². The van der Waals surface area contributed by atoms with Gasteiger partial charge in [-0.1, -0.05) is 168 Å². The van der Waals surface area contributed by atoms with Gasteiger partial charge in [-0.2, -0.15) is 0 Å². The second-order valence-electron chi connectivity index (χ2n) is 16.3. The van der Waals surface area contributed by atoms with Crippen LogP contribution in [0, 0.1) is 5.41 Å². The van der Waals surface area contributed by atoms with E-state index in [4.69, 9.17) is 9.05 Å². The molecule has 0 amide bonds. The maximum Gasteiger partial charge on any atom is 0.472 e. The Morgan fingerprint density at radius 1 is 0.647 bits per heavy atom. The number of hydrogen-bond acceptors (Lipinski definition) is 7. The molecule has 0 rings (SSSR count). The lowest BCUT2D eigenvalue weighted by Crippen LogP contribution is -2.54. The highest BCUT2D eigenvalue weighted by molar-refractivity contribution is 7.47. The van der Waals surface area contributed by atoms with Crippen molar-refractivity contribution in [2.24, 2.45) is 5.41 Å². The molecule has 0 heterocycles. The molecule has 0 spiro atoms. The van der Waals surface area contributed by atoms with Crippen LogP contribution in [0.2, 0.25) is 0 Å². The normalized spacial score (nSPS) is 15.7. The molecule has 3 N–H and O–H groups in total. The molecule has 0 aliphatic heterocycles. The molecule has 0 radical (unpaired) electrons. The molecule has 9 nitrogen and oxygen atoms in total. The fourth-order valence-corrected chi connectivity index (χ4v) is 8.13. The number of carbonyl (C=O) groups excluding carboxylic acids is 2. The Labute approximate surface area is 314 Å². The van der Waals surface area contributed by atoms with Gasteiger partial charge in [0, 0.05) is 6.42 Å². The minimum absolute atomic E-state index is 0.174. The van der Waals surface area contributed by atoms with E-state index in [1.54, 1.807) is 0 Å². The van der Waals surface area contributed by atoms with Crippen molar-refractivity contribution in [3.63, 3.8) is 0 Å². The van der Waals surface area contributed by atoms with Crippen LogP contribution < -0.4 is 0 Å². The largest absolute Gasteiger partial charge is 0.472 e. The van der Waals surface area contributed by atoms with Crippen LogP contribution in [0.25, 0.3) is 0 Å². The van der Waals surface area contributed by atoms with Crippen LogP contribution in [0.3, 0.4) is 0 Å². The standard InChI is InChI=1S/C41H82NO8P/c1-7-10-12-14-16-18-19-20-21-22-23-24-25-27-29-31-38(45)40(46)41(32-9-3,33-30-28-26-17-15-13-11-8-2)39(34-42(4,5)6)50-51(47,48)49-36-37(44)35-43/h37,39,43-44H,7-36H2,1-6H3/p+1/t37-,39?,41?/m1/s1. The topological polar surface area (TPSA) is 130 Å². The molecule has 10 heteroatoms. The fourth-order valence-electron chi connectivity index (χ4n) is 7.12. The summed E-state index contributed by atoms with van der Waals surface area (Å²) in [7, 11) is 1.01. The number of quaternary nitrogens is 1. The molecule has 0 aromatic carbocycles. The van der Waals surface area contributed by atoms with Gasteiger partial charge in [0.15, 0.2) is 5.78 Å². The summed E-state index contributed by atoms with van der Waals surface area (Å²) >= 11 is 0. The molecule has 51 heavy (non-hydrogen) atoms. The number of likely N-dealkylation sites (N-methyl/N-ethyl adjacent to an activating group) is 1. The summed E-state index contributed by atoms with van der Waals surface area (Å²) in [4.78, 5) is 38.8. The minimum atomic E-state index is -4.75. The number of Topliss-reactive ketones (excluding diaryl/α,β-unsaturated/α-hetero) is 2. The molecule has 304 valence electrons. The highest BCUT2D eigenvalue weighted by atomic mass is 31.2. The summed E-state index contributed by atoms with van der Waals surface area (Å²) in [6.07, 6.45) is 26.1. The molecule has 0 fully saturated rings. The molecule has 0 aromatic heterocycles. The maximum absolute atomic E-state index is 14.4. The van der Waals surface area contributed by atoms with E-state index in [2.05, 4.69) is 13.8 Å². The summed E-state index contributed by atoms with van der Waals surface area (Å²) in [6.45, 7) is 5.41. The number of phosphoric acid groups is 1. The Morgan fingerprint density at radius 2 is 1.06 bits per heavy atom. The lowest BCUT2D eigenvalue weighted by Gasteiger charge is -2.42. The summed E-state index contributed by atoms with van der Waals surface area (Å²) < 4.78 is 24.5. The number of rotatable bonds is 38. The van der Waals surface area contributed by atoms with Crippen molar-refractivity contribution in [2.45, 2.75) is 206 Å². The summed E-state index contributed by atoms with van der Waals surface area (Å²) in [5.41, 5.74) is -1.27. The molecule has 0 aliphatic carbocycles. The molecular weight excluding hydrogens is 665 g/mol. The van der Waals surface area contributed by atoms with Crippen LogP contribution in [-0.4, -0.2) is 84.3 Å². The summed E-state index contributed by atoms with van der Waals surface area (Å²) in [6, 6.07) is 0. The lowest BCUT2D eigenvalue weighted by molar-refractivity contribution is -0.874. The number of aliphatic hydroxyl groups is 2. The van der Waals surface area contributed by atoms with Crippen LogP contribution in [0.4, 0.5) is 0 Å². The number of hydrogen-bond donors (Lipinski definition) is 3. The minimum Gasteiger partial charge on any atom is -0.394 e. The Kier molecular flexibility index (Phi) is 30.2. The van der Waals surface area contributed by atoms with Gasteiger partial charge in [0.05, 0.1) is 39.8 Å². The highest BCUT2D eigenvalue weighted by Gasteiger charge is 2.52. The summed E-state index contributed by atoms with van der Waals surface area (Å²) in [5, 5.41) is 18.9. The van der Waals surface area contributed by atoms with Crippen LogP contribution in [0.1, 0.15) is 194 Å². The zero-order chi connectivity index (χ0) is 38.4. The number of aliphatic hydroxyl groups excluding tert-OH is 2. The van der Waals surface area contributed by atoms with Crippen molar-refractivity contribution >= 4 is 19.4 Å². The first-order valence-corrected chi connectivity index (χ1v) is 22.6. The maximum atomic E-state index is 14.4. The molecular formula is C41H83NO8P+. The quantitative estimate of drug-likeness (QED) is 0.0246. The third-order valence-electron chi connectivity index (χ3n) is 10.1. The van der Waals surface area contributed by atoms with Gasteiger partial charge in [0.2, 0.25) is 5.78 Å². The van der Waals surface area contributed by atoms with Gasteiger partial charge >= 0.3 is 7.82 Å². The molecule has 0 aromatic rings. The predicted molar refractivity (Wildman–Crippen MR) is 211 cm³/mol. The fraction of sp³-hybridized carbons (Fsp3) is 0.951. The lowest BCUT2D eigenvalue weighted by atomic mass is 9.68. The van der Waals surface area contributed by atoms with Gasteiger partial charge in [-0.05, 0) is 19.3 Å². The van der Waals surface area contributed by atoms with E-state index in [-0.39, 0.29) is 13.0 Å². The Morgan fingerprint density at radius 3 is 1.45 bits per heavy atom. The van der Waals surface area contributed by atoms with Crippen LogP contribution >= 0.6 is 7.82 Å². The van der Waals surface area contributed by atoms with E-state index < -0.39 is 50.2 Å². The number of carbonyl (C=O) groups is 2. The van der Waals surface area contributed by atoms with Gasteiger partial charge in [-0.25, -0.2) is 4.57 Å². The van der Waals surface area contributed by atoms with Gasteiger partial charge in [0.1, 0.15) is 18.8 Å². The molecule has 3 unspecified atom stereocenters. The number of phosphoric ester groups is 1. The van der Waals surface area contributed by atoms with Crippen molar-refractivity contribution in [1.29, 1.82) is 0 Å². The summed E-state index contributed by atoms with van der Waals surface area (Å²) in [5.74, 6) is -0.913. The molecule has 0 bridgehead atoms. The van der Waals surface area contributed by atoms with Crippen molar-refractivity contribution in [2.75, 3.05) is 40.9 Å². The highest BCUT2D eigenvalue weighted by Crippen LogP contribution is 2.50. The van der Waals surface area contributed by atoms with E-state index in [9.17, 15) is 29.3 Å². The molecule has 0 saturated heterocycles. The van der Waals surface area contributed by atoms with Crippen LogP contribution in [-0.2, 0) is 23.2 Å².